The predicted octanol–water partition coefficient (Wildman–Crippen LogP) is 4.51. The molecule has 182 valence electrons. The Kier molecular flexibility index (Phi) is 8.68. The third-order valence-electron chi connectivity index (χ3n) is 6.43. The number of unbranched alkanes of at least 4 members (excludes halogenated alkanes) is 1. The summed E-state index contributed by atoms with van der Waals surface area (Å²) >= 11 is 0. The number of hydrogen-bond acceptors (Lipinski definition) is 4. The Morgan fingerprint density at radius 1 is 1.03 bits per heavy atom. The Balaban J connectivity index is 1.79. The van der Waals surface area contributed by atoms with Crippen molar-refractivity contribution in [1.29, 1.82) is 0 Å². The zero-order valence-electron chi connectivity index (χ0n) is 20.5. The van der Waals surface area contributed by atoms with Gasteiger partial charge in [-0.25, -0.2) is 0 Å². The number of carbonyl (C=O) groups is 3. The molecule has 0 bridgehead atoms. The van der Waals surface area contributed by atoms with E-state index in [1.165, 1.54) is 0 Å². The first-order valence-electron chi connectivity index (χ1n) is 12.1. The Morgan fingerprint density at radius 2 is 1.68 bits per heavy atom. The minimum absolute atomic E-state index is 0.00501. The quantitative estimate of drug-likeness (QED) is 0.560. The van der Waals surface area contributed by atoms with Gasteiger partial charge < -0.3 is 19.9 Å². The van der Waals surface area contributed by atoms with Crippen LogP contribution in [0.25, 0.3) is 0 Å². The number of anilines is 1. The van der Waals surface area contributed by atoms with Crippen LogP contribution in [0.15, 0.2) is 48.5 Å². The highest BCUT2D eigenvalue weighted by molar-refractivity contribution is 5.99. The van der Waals surface area contributed by atoms with Crippen LogP contribution in [-0.2, 0) is 9.59 Å². The van der Waals surface area contributed by atoms with Crippen LogP contribution in [0.5, 0.6) is 5.75 Å². The molecule has 1 fully saturated rings. The summed E-state index contributed by atoms with van der Waals surface area (Å²) in [7, 11) is 1.61. The summed E-state index contributed by atoms with van der Waals surface area (Å²) in [6, 6.07) is 14.2. The molecule has 3 amide bonds. The van der Waals surface area contributed by atoms with E-state index in [-0.39, 0.29) is 30.2 Å². The number of nitrogens with one attached hydrogen (secondary N) is 1. The van der Waals surface area contributed by atoms with Crippen molar-refractivity contribution in [3.8, 4) is 5.75 Å². The first-order chi connectivity index (χ1) is 16.4. The van der Waals surface area contributed by atoms with E-state index in [9.17, 15) is 14.4 Å². The number of amides is 3. The molecule has 0 aromatic heterocycles. The smallest absolute Gasteiger partial charge is 0.253 e. The lowest BCUT2D eigenvalue weighted by Gasteiger charge is -2.28. The average Bonchev–Trinajstić information content (AvgIpc) is 3.19. The van der Waals surface area contributed by atoms with Gasteiger partial charge in [-0.1, -0.05) is 25.5 Å². The molecule has 1 aliphatic heterocycles. The lowest BCUT2D eigenvalue weighted by atomic mass is 9.92. The van der Waals surface area contributed by atoms with E-state index in [1.807, 2.05) is 43.0 Å². The van der Waals surface area contributed by atoms with Crippen molar-refractivity contribution in [2.24, 2.45) is 5.92 Å². The topological polar surface area (TPSA) is 79.0 Å². The highest BCUT2D eigenvalue weighted by Crippen LogP contribution is 2.39. The fourth-order valence-electron chi connectivity index (χ4n) is 4.46. The van der Waals surface area contributed by atoms with E-state index in [0.717, 1.165) is 24.2 Å². The van der Waals surface area contributed by atoms with E-state index in [2.05, 4.69) is 12.2 Å². The number of methoxy groups -OCH3 is 1. The van der Waals surface area contributed by atoms with Gasteiger partial charge in [0, 0.05) is 37.3 Å². The predicted molar refractivity (Wildman–Crippen MR) is 133 cm³/mol. The van der Waals surface area contributed by atoms with E-state index in [4.69, 9.17) is 4.74 Å². The van der Waals surface area contributed by atoms with Crippen molar-refractivity contribution in [1.82, 2.24) is 9.80 Å². The SMILES string of the molecule is CCCCN1C(=O)CC(C(=O)Nc2ccc(C(=O)N(CC)CC)cc2)C1c1ccc(OC)cc1. The molecule has 7 heteroatoms. The molecule has 1 saturated heterocycles. The summed E-state index contributed by atoms with van der Waals surface area (Å²) in [5.74, 6) is -0.00996. The van der Waals surface area contributed by atoms with E-state index in [1.54, 1.807) is 36.3 Å². The molecule has 0 radical (unpaired) electrons. The zero-order chi connectivity index (χ0) is 24.7. The van der Waals surface area contributed by atoms with Crippen LogP contribution >= 0.6 is 0 Å². The van der Waals surface area contributed by atoms with Gasteiger partial charge >= 0.3 is 0 Å². The second-order valence-electron chi connectivity index (χ2n) is 8.51. The molecule has 2 unspecified atom stereocenters. The summed E-state index contributed by atoms with van der Waals surface area (Å²) < 4.78 is 5.27. The van der Waals surface area contributed by atoms with Crippen LogP contribution in [0.4, 0.5) is 5.69 Å². The van der Waals surface area contributed by atoms with Gasteiger partial charge in [0.2, 0.25) is 11.8 Å². The standard InChI is InChI=1S/C27H35N3O4/c1-5-8-17-30-24(31)18-23(25(30)19-11-15-22(34-4)16-12-19)26(32)28-21-13-9-20(10-14-21)27(33)29(6-2)7-3/h9-16,23,25H,5-8,17-18H2,1-4H3,(H,28,32). The number of likely N-dealkylation sites (tertiary alicyclic amines) is 1. The molecular formula is C27H35N3O4. The lowest BCUT2D eigenvalue weighted by molar-refractivity contribution is -0.129. The van der Waals surface area contributed by atoms with Crippen LogP contribution in [0, 0.1) is 5.92 Å². The summed E-state index contributed by atoms with van der Waals surface area (Å²) in [5.41, 5.74) is 2.11. The number of carbonyl (C=O) groups excluding carboxylic acids is 3. The Morgan fingerprint density at radius 3 is 2.24 bits per heavy atom. The van der Waals surface area contributed by atoms with E-state index >= 15 is 0 Å². The molecule has 0 spiro atoms. The summed E-state index contributed by atoms with van der Waals surface area (Å²) in [5, 5.41) is 2.96. The van der Waals surface area contributed by atoms with Crippen molar-refractivity contribution >= 4 is 23.4 Å². The van der Waals surface area contributed by atoms with Gasteiger partial charge in [0.1, 0.15) is 5.75 Å². The monoisotopic (exact) mass is 465 g/mol. The first-order valence-corrected chi connectivity index (χ1v) is 12.1. The summed E-state index contributed by atoms with van der Waals surface area (Å²) in [6.07, 6.45) is 2.02. The van der Waals surface area contributed by atoms with Gasteiger partial charge in [-0.05, 0) is 62.2 Å². The fourth-order valence-corrected chi connectivity index (χ4v) is 4.46. The molecule has 1 heterocycles. The third kappa shape index (κ3) is 5.58. The maximum absolute atomic E-state index is 13.3. The van der Waals surface area contributed by atoms with Crippen LogP contribution in [-0.4, -0.2) is 54.3 Å². The van der Waals surface area contributed by atoms with Crippen LogP contribution < -0.4 is 10.1 Å². The van der Waals surface area contributed by atoms with Crippen LogP contribution in [0.1, 0.15) is 62.0 Å². The molecule has 3 rings (SSSR count). The second-order valence-corrected chi connectivity index (χ2v) is 8.51. The van der Waals surface area contributed by atoms with Crippen LogP contribution in [0.3, 0.4) is 0 Å². The highest BCUT2D eigenvalue weighted by atomic mass is 16.5. The van der Waals surface area contributed by atoms with Crippen molar-refractivity contribution in [3.63, 3.8) is 0 Å². The Labute approximate surface area is 202 Å². The minimum atomic E-state index is -0.505. The molecule has 1 N–H and O–H groups in total. The van der Waals surface area contributed by atoms with Gasteiger partial charge in [-0.2, -0.15) is 0 Å². The molecule has 0 saturated carbocycles. The molecular weight excluding hydrogens is 430 g/mol. The van der Waals surface area contributed by atoms with Gasteiger partial charge in [-0.15, -0.1) is 0 Å². The fraction of sp³-hybridized carbons (Fsp3) is 0.444. The van der Waals surface area contributed by atoms with Gasteiger partial charge in [-0.3, -0.25) is 14.4 Å². The second kappa shape index (κ2) is 11.7. The van der Waals surface area contributed by atoms with Crippen molar-refractivity contribution < 1.29 is 19.1 Å². The Hall–Kier alpha value is -3.35. The third-order valence-corrected chi connectivity index (χ3v) is 6.43. The lowest BCUT2D eigenvalue weighted by Crippen LogP contribution is -2.33. The largest absolute Gasteiger partial charge is 0.497 e. The van der Waals surface area contributed by atoms with Gasteiger partial charge in [0.25, 0.3) is 5.91 Å². The molecule has 1 aliphatic rings. The number of rotatable bonds is 10. The van der Waals surface area contributed by atoms with E-state index in [0.29, 0.717) is 30.9 Å². The maximum atomic E-state index is 13.3. The summed E-state index contributed by atoms with van der Waals surface area (Å²) in [6.45, 7) is 7.89. The highest BCUT2D eigenvalue weighted by Gasteiger charge is 2.44. The van der Waals surface area contributed by atoms with Crippen LogP contribution in [0.2, 0.25) is 0 Å². The van der Waals surface area contributed by atoms with E-state index < -0.39 is 5.92 Å². The molecule has 7 nitrogen and oxygen atoms in total. The van der Waals surface area contributed by atoms with Crippen molar-refractivity contribution in [3.05, 3.63) is 59.7 Å². The molecule has 2 atom stereocenters. The summed E-state index contributed by atoms with van der Waals surface area (Å²) in [4.78, 5) is 42.3. The molecule has 2 aromatic carbocycles. The number of nitrogens with zero attached hydrogens (tertiary/aromatic N) is 2. The van der Waals surface area contributed by atoms with Crippen molar-refractivity contribution in [2.45, 2.75) is 46.1 Å². The average molecular weight is 466 g/mol. The first kappa shape index (κ1) is 25.3. The number of hydrogen-bond donors (Lipinski definition) is 1. The Bertz CT molecular complexity index is 984. The normalized spacial score (nSPS) is 17.5. The molecule has 0 aliphatic carbocycles. The maximum Gasteiger partial charge on any atom is 0.253 e. The van der Waals surface area contributed by atoms with Crippen molar-refractivity contribution in [2.75, 3.05) is 32.1 Å². The number of ether oxygens (including phenoxy) is 1. The number of benzene rings is 2. The zero-order valence-corrected chi connectivity index (χ0v) is 20.5. The minimum Gasteiger partial charge on any atom is -0.497 e. The molecule has 2 aromatic rings. The molecule has 34 heavy (non-hydrogen) atoms. The van der Waals surface area contributed by atoms with Gasteiger partial charge in [0.05, 0.1) is 19.1 Å². The van der Waals surface area contributed by atoms with Gasteiger partial charge in [0.15, 0.2) is 0 Å².